The Morgan fingerprint density at radius 2 is 1.69 bits per heavy atom. The van der Waals surface area contributed by atoms with Gasteiger partial charge in [0.15, 0.2) is 11.5 Å². The van der Waals surface area contributed by atoms with Crippen molar-refractivity contribution in [2.24, 2.45) is 0 Å². The molecule has 3 aliphatic heterocycles. The molecule has 1 saturated heterocycles. The Balaban J connectivity index is 1.68. The van der Waals surface area contributed by atoms with Crippen molar-refractivity contribution in [1.82, 2.24) is 10.2 Å². The molecule has 0 radical (unpaired) electrons. The average molecular weight is 499 g/mol. The summed E-state index contributed by atoms with van der Waals surface area (Å²) >= 11 is 6.13. The lowest BCUT2D eigenvalue weighted by Gasteiger charge is -2.36. The highest BCUT2D eigenvalue weighted by Gasteiger charge is 2.56. The minimum Gasteiger partial charge on any atom is -0.422 e. The molecule has 3 aliphatic rings. The van der Waals surface area contributed by atoms with E-state index in [2.05, 4.69) is 5.32 Å². The van der Waals surface area contributed by atoms with Crippen LogP contribution < -0.4 is 10.1 Å². The first-order chi connectivity index (χ1) is 17.4. The number of rotatable bonds is 3. The van der Waals surface area contributed by atoms with Gasteiger partial charge in [-0.2, -0.15) is 0 Å². The maximum absolute atomic E-state index is 13.9. The third-order valence-electron chi connectivity index (χ3n) is 6.63. The van der Waals surface area contributed by atoms with E-state index in [1.54, 1.807) is 65.6 Å². The predicted octanol–water partition coefficient (Wildman–Crippen LogP) is 3.60. The van der Waals surface area contributed by atoms with Crippen molar-refractivity contribution in [2.75, 3.05) is 13.1 Å². The van der Waals surface area contributed by atoms with Crippen LogP contribution in [0.3, 0.4) is 0 Å². The third-order valence-corrected chi connectivity index (χ3v) is 6.87. The van der Waals surface area contributed by atoms with Gasteiger partial charge in [0.1, 0.15) is 17.1 Å². The first kappa shape index (κ1) is 22.3. The maximum Gasteiger partial charge on any atom is 0.348 e. The number of halogens is 1. The van der Waals surface area contributed by atoms with Crippen LogP contribution in [0.1, 0.15) is 26.3 Å². The van der Waals surface area contributed by atoms with E-state index < -0.39 is 28.8 Å². The van der Waals surface area contributed by atoms with E-state index in [-0.39, 0.29) is 27.5 Å². The monoisotopic (exact) mass is 498 g/mol. The van der Waals surface area contributed by atoms with Gasteiger partial charge in [0, 0.05) is 34.8 Å². The molecular formula is C28H19ClN2O5. The van der Waals surface area contributed by atoms with E-state index in [1.807, 2.05) is 0 Å². The molecule has 3 aromatic carbocycles. The molecule has 7 nitrogen and oxygen atoms in total. The number of nitrogens with one attached hydrogen (secondary N) is 1. The molecule has 1 atom stereocenters. The molecule has 178 valence electrons. The van der Waals surface area contributed by atoms with Gasteiger partial charge in [0.25, 0.3) is 0 Å². The summed E-state index contributed by atoms with van der Waals surface area (Å²) < 4.78 is 5.51. The highest BCUT2D eigenvalue weighted by molar-refractivity contribution is 6.33. The summed E-state index contributed by atoms with van der Waals surface area (Å²) in [5.74, 6) is -1.62. The highest BCUT2D eigenvalue weighted by Crippen LogP contribution is 2.51. The van der Waals surface area contributed by atoms with Gasteiger partial charge >= 0.3 is 5.97 Å². The predicted molar refractivity (Wildman–Crippen MR) is 131 cm³/mol. The van der Waals surface area contributed by atoms with Crippen molar-refractivity contribution in [2.45, 2.75) is 5.72 Å². The zero-order chi connectivity index (χ0) is 25.0. The number of Topliss-reactive ketones (excluding diaryl/α,β-unsaturated/α-hetero) is 2. The zero-order valence-electron chi connectivity index (χ0n) is 18.8. The largest absolute Gasteiger partial charge is 0.422 e. The van der Waals surface area contributed by atoms with Crippen molar-refractivity contribution < 1.29 is 24.2 Å². The summed E-state index contributed by atoms with van der Waals surface area (Å²) in [4.78, 5) is 42.7. The number of carbonyl (C=O) groups excluding carboxylic acids is 3. The molecule has 8 heteroatoms. The van der Waals surface area contributed by atoms with Crippen LogP contribution in [0.15, 0.2) is 101 Å². The molecule has 2 N–H and O–H groups in total. The van der Waals surface area contributed by atoms with Crippen LogP contribution >= 0.6 is 11.6 Å². The minimum atomic E-state index is -1.97. The molecule has 3 heterocycles. The summed E-state index contributed by atoms with van der Waals surface area (Å²) in [6, 6.07) is 21.6. The van der Waals surface area contributed by atoms with Gasteiger partial charge in [-0.1, -0.05) is 72.3 Å². The normalized spacial score (nSPS) is 22.8. The lowest BCUT2D eigenvalue weighted by molar-refractivity contribution is -0.130. The van der Waals surface area contributed by atoms with Gasteiger partial charge in [0.2, 0.25) is 5.78 Å². The molecule has 0 amide bonds. The number of hydrogen-bond donors (Lipinski definition) is 2. The van der Waals surface area contributed by atoms with Gasteiger partial charge in [-0.05, 0) is 18.2 Å². The molecule has 6 rings (SSSR count). The van der Waals surface area contributed by atoms with Crippen LogP contribution in [-0.4, -0.2) is 40.6 Å². The second-order valence-electron chi connectivity index (χ2n) is 8.64. The lowest BCUT2D eigenvalue weighted by atomic mass is 9.82. The number of hydrogen-bond acceptors (Lipinski definition) is 7. The summed E-state index contributed by atoms with van der Waals surface area (Å²) in [7, 11) is 0. The number of ether oxygens (including phenoxy) is 1. The van der Waals surface area contributed by atoms with E-state index in [1.165, 1.54) is 18.2 Å². The van der Waals surface area contributed by atoms with E-state index in [4.69, 9.17) is 16.3 Å². The summed E-state index contributed by atoms with van der Waals surface area (Å²) in [5, 5.41) is 15.9. The van der Waals surface area contributed by atoms with E-state index in [0.717, 1.165) is 0 Å². The van der Waals surface area contributed by atoms with E-state index in [9.17, 15) is 19.5 Å². The topological polar surface area (TPSA) is 95.9 Å². The van der Waals surface area contributed by atoms with Crippen LogP contribution in [0.25, 0.3) is 0 Å². The number of carbonyl (C=O) groups is 3. The maximum atomic E-state index is 13.9. The first-order valence-electron chi connectivity index (χ1n) is 11.4. The number of nitrogens with zero attached hydrogens (tertiary/aromatic N) is 1. The molecule has 36 heavy (non-hydrogen) atoms. The van der Waals surface area contributed by atoms with Crippen molar-refractivity contribution in [3.05, 3.63) is 123 Å². The molecule has 0 bridgehead atoms. The lowest BCUT2D eigenvalue weighted by Crippen LogP contribution is -2.44. The van der Waals surface area contributed by atoms with Crippen LogP contribution in [-0.2, 0) is 10.5 Å². The van der Waals surface area contributed by atoms with Crippen molar-refractivity contribution in [3.8, 4) is 5.75 Å². The SMILES string of the molecule is O=C1Oc2ccc(Cl)cc2C(=O)/C1=C1/C(C(=O)c2ccccc2)=C2NCCN2C1(O)c1ccccc1. The second-order valence-corrected chi connectivity index (χ2v) is 9.08. The standard InChI is InChI=1S/C28H19ClN2O5/c29-18-11-12-20-19(15-18)25(33)22(27(34)36-20)23-21(24(32)16-7-3-1-4-8-16)26-30-13-14-31(26)28(23,35)17-9-5-2-6-10-17/h1-12,15,30,35H,13-14H2/b23-22+. The summed E-state index contributed by atoms with van der Waals surface area (Å²) in [5.41, 5.74) is -1.59. The Morgan fingerprint density at radius 3 is 2.42 bits per heavy atom. The first-order valence-corrected chi connectivity index (χ1v) is 11.7. The van der Waals surface area contributed by atoms with Gasteiger partial charge in [-0.15, -0.1) is 0 Å². The van der Waals surface area contributed by atoms with Crippen LogP contribution in [0.5, 0.6) is 5.75 Å². The van der Waals surface area contributed by atoms with E-state index >= 15 is 0 Å². The summed E-state index contributed by atoms with van der Waals surface area (Å²) in [6.45, 7) is 0.810. The summed E-state index contributed by atoms with van der Waals surface area (Å²) in [6.07, 6.45) is 0. The molecule has 0 spiro atoms. The van der Waals surface area contributed by atoms with Crippen molar-refractivity contribution in [1.29, 1.82) is 0 Å². The number of esters is 1. The zero-order valence-corrected chi connectivity index (χ0v) is 19.6. The van der Waals surface area contributed by atoms with Gasteiger partial charge < -0.3 is 20.1 Å². The Hall–Kier alpha value is -4.20. The van der Waals surface area contributed by atoms with Crippen LogP contribution in [0, 0.1) is 0 Å². The average Bonchev–Trinajstić information content (AvgIpc) is 3.47. The second kappa shape index (κ2) is 8.19. The molecular weight excluding hydrogens is 480 g/mol. The molecule has 0 saturated carbocycles. The Kier molecular flexibility index (Phi) is 5.07. The quantitative estimate of drug-likeness (QED) is 0.187. The number of ketones is 2. The highest BCUT2D eigenvalue weighted by atomic mass is 35.5. The fraction of sp³-hybridized carbons (Fsp3) is 0.107. The van der Waals surface area contributed by atoms with Crippen molar-refractivity contribution >= 4 is 29.1 Å². The Morgan fingerprint density at radius 1 is 1.00 bits per heavy atom. The minimum absolute atomic E-state index is 0.0517. The van der Waals surface area contributed by atoms with Crippen molar-refractivity contribution in [3.63, 3.8) is 0 Å². The van der Waals surface area contributed by atoms with Gasteiger partial charge in [0.05, 0.1) is 11.1 Å². The Bertz CT molecular complexity index is 1510. The molecule has 0 aromatic heterocycles. The van der Waals surface area contributed by atoms with Gasteiger partial charge in [-0.3, -0.25) is 9.59 Å². The molecule has 1 fully saturated rings. The smallest absolute Gasteiger partial charge is 0.348 e. The molecule has 0 aliphatic carbocycles. The number of fused-ring (bicyclic) bond motifs is 2. The van der Waals surface area contributed by atoms with Crippen LogP contribution in [0.4, 0.5) is 0 Å². The fourth-order valence-corrected chi connectivity index (χ4v) is 5.23. The Labute approximate surface area is 211 Å². The molecule has 3 aromatic rings. The number of aliphatic hydroxyl groups is 1. The fourth-order valence-electron chi connectivity index (χ4n) is 5.06. The van der Waals surface area contributed by atoms with Gasteiger partial charge in [-0.25, -0.2) is 4.79 Å². The number of benzene rings is 3. The third kappa shape index (κ3) is 3.13. The van der Waals surface area contributed by atoms with Crippen LogP contribution in [0.2, 0.25) is 5.02 Å². The molecule has 1 unspecified atom stereocenters. The van der Waals surface area contributed by atoms with E-state index in [0.29, 0.717) is 30.0 Å².